The minimum absolute atomic E-state index is 0.163. The van der Waals surface area contributed by atoms with Gasteiger partial charge in [0.25, 0.3) is 5.56 Å². The maximum absolute atomic E-state index is 11.7. The number of aromatic nitrogens is 2. The maximum Gasteiger partial charge on any atom is 0.408 e. The number of aromatic amines is 1. The molecule has 6 nitrogen and oxygen atoms in total. The van der Waals surface area contributed by atoms with Crippen molar-refractivity contribution in [3.63, 3.8) is 0 Å². The van der Waals surface area contributed by atoms with Crippen LogP contribution in [0, 0.1) is 11.8 Å². The van der Waals surface area contributed by atoms with E-state index in [1.54, 1.807) is 39.0 Å². The number of fused-ring (bicyclic) bond motifs is 1. The van der Waals surface area contributed by atoms with Crippen molar-refractivity contribution >= 4 is 17.0 Å². The van der Waals surface area contributed by atoms with E-state index in [2.05, 4.69) is 27.1 Å². The number of carbonyl (C=O) groups excluding carboxylic acids is 1. The predicted octanol–water partition coefficient (Wildman–Crippen LogP) is 1.80. The van der Waals surface area contributed by atoms with Crippen LogP contribution in [0.5, 0.6) is 0 Å². The van der Waals surface area contributed by atoms with E-state index in [0.29, 0.717) is 16.5 Å². The molecule has 114 valence electrons. The van der Waals surface area contributed by atoms with Crippen molar-refractivity contribution in [2.75, 3.05) is 6.54 Å². The predicted molar refractivity (Wildman–Crippen MR) is 83.5 cm³/mol. The Morgan fingerprint density at radius 2 is 2.18 bits per heavy atom. The van der Waals surface area contributed by atoms with Crippen molar-refractivity contribution in [1.82, 2.24) is 15.3 Å². The first-order chi connectivity index (χ1) is 10.3. The van der Waals surface area contributed by atoms with Crippen LogP contribution in [-0.2, 0) is 4.74 Å². The third-order valence-electron chi connectivity index (χ3n) is 2.59. The molecule has 0 bridgehead atoms. The van der Waals surface area contributed by atoms with E-state index in [0.717, 1.165) is 0 Å². The van der Waals surface area contributed by atoms with Crippen molar-refractivity contribution in [1.29, 1.82) is 0 Å². The number of carbonyl (C=O) groups is 1. The van der Waals surface area contributed by atoms with Crippen molar-refractivity contribution in [3.05, 3.63) is 40.4 Å². The first-order valence-electron chi connectivity index (χ1n) is 6.78. The van der Waals surface area contributed by atoms with E-state index in [4.69, 9.17) is 4.74 Å². The topological polar surface area (TPSA) is 84.1 Å². The standard InChI is InChI=1S/C16H17N3O3/c1-16(2,3)22-15(21)17-8-4-5-11-6-7-13-12(9-11)14(20)19-10-18-13/h6-7,9-10H,8H2,1-3H3,(H,17,21)(H,18,19,20). The lowest BCUT2D eigenvalue weighted by molar-refractivity contribution is 0.0535. The monoisotopic (exact) mass is 299 g/mol. The summed E-state index contributed by atoms with van der Waals surface area (Å²) in [6.45, 7) is 5.53. The Kier molecular flexibility index (Phi) is 4.47. The number of alkyl carbamates (subject to hydrolysis) is 1. The molecule has 0 atom stereocenters. The van der Waals surface area contributed by atoms with Crippen LogP contribution in [0.4, 0.5) is 4.79 Å². The minimum Gasteiger partial charge on any atom is -0.444 e. The van der Waals surface area contributed by atoms with Gasteiger partial charge in [0, 0.05) is 5.56 Å². The molecule has 0 aliphatic carbocycles. The highest BCUT2D eigenvalue weighted by Gasteiger charge is 2.14. The normalized spacial score (nSPS) is 10.7. The summed E-state index contributed by atoms with van der Waals surface area (Å²) in [7, 11) is 0. The number of nitrogens with zero attached hydrogens (tertiary/aromatic N) is 1. The molecule has 22 heavy (non-hydrogen) atoms. The van der Waals surface area contributed by atoms with E-state index in [-0.39, 0.29) is 12.1 Å². The molecular formula is C16H17N3O3. The van der Waals surface area contributed by atoms with E-state index in [9.17, 15) is 9.59 Å². The number of nitrogens with one attached hydrogen (secondary N) is 2. The molecule has 0 aliphatic heterocycles. The fraction of sp³-hybridized carbons (Fsp3) is 0.312. The molecule has 6 heteroatoms. The summed E-state index contributed by atoms with van der Waals surface area (Å²) >= 11 is 0. The van der Waals surface area contributed by atoms with Gasteiger partial charge in [-0.25, -0.2) is 9.78 Å². The summed E-state index contributed by atoms with van der Waals surface area (Å²) in [6.07, 6.45) is 0.849. The largest absolute Gasteiger partial charge is 0.444 e. The van der Waals surface area contributed by atoms with Crippen molar-refractivity contribution in [3.8, 4) is 11.8 Å². The zero-order valence-electron chi connectivity index (χ0n) is 12.7. The van der Waals surface area contributed by atoms with Gasteiger partial charge in [-0.1, -0.05) is 11.8 Å². The van der Waals surface area contributed by atoms with Gasteiger partial charge in [-0.2, -0.15) is 0 Å². The summed E-state index contributed by atoms with van der Waals surface area (Å²) in [5.41, 5.74) is 0.544. The minimum atomic E-state index is -0.538. The lowest BCUT2D eigenvalue weighted by Gasteiger charge is -2.18. The molecule has 0 radical (unpaired) electrons. The van der Waals surface area contributed by atoms with Gasteiger partial charge in [-0.3, -0.25) is 4.79 Å². The van der Waals surface area contributed by atoms with E-state index in [1.165, 1.54) is 6.33 Å². The van der Waals surface area contributed by atoms with Crippen molar-refractivity contribution in [2.45, 2.75) is 26.4 Å². The van der Waals surface area contributed by atoms with Crippen LogP contribution in [-0.4, -0.2) is 28.2 Å². The van der Waals surface area contributed by atoms with Gasteiger partial charge in [-0.05, 0) is 39.0 Å². The number of hydrogen-bond acceptors (Lipinski definition) is 4. The molecule has 2 aromatic rings. The van der Waals surface area contributed by atoms with Crippen LogP contribution < -0.4 is 10.9 Å². The van der Waals surface area contributed by atoms with Crippen LogP contribution in [0.1, 0.15) is 26.3 Å². The Morgan fingerprint density at radius 1 is 1.41 bits per heavy atom. The molecule has 1 heterocycles. The zero-order chi connectivity index (χ0) is 16.2. The quantitative estimate of drug-likeness (QED) is 0.786. The summed E-state index contributed by atoms with van der Waals surface area (Å²) in [4.78, 5) is 29.7. The van der Waals surface area contributed by atoms with Crippen LogP contribution in [0.3, 0.4) is 0 Å². The highest BCUT2D eigenvalue weighted by Crippen LogP contribution is 2.08. The van der Waals surface area contributed by atoms with Crippen molar-refractivity contribution in [2.24, 2.45) is 0 Å². The van der Waals surface area contributed by atoms with Gasteiger partial charge < -0.3 is 15.0 Å². The molecule has 0 unspecified atom stereocenters. The lowest BCUT2D eigenvalue weighted by atomic mass is 10.1. The summed E-state index contributed by atoms with van der Waals surface area (Å²) in [6, 6.07) is 5.17. The first-order valence-corrected chi connectivity index (χ1v) is 6.78. The molecule has 2 rings (SSSR count). The molecule has 0 saturated carbocycles. The maximum atomic E-state index is 11.7. The van der Waals surface area contributed by atoms with Crippen molar-refractivity contribution < 1.29 is 9.53 Å². The second-order valence-electron chi connectivity index (χ2n) is 5.62. The molecule has 0 spiro atoms. The second kappa shape index (κ2) is 6.31. The fourth-order valence-corrected chi connectivity index (χ4v) is 1.72. The zero-order valence-corrected chi connectivity index (χ0v) is 12.7. The molecule has 0 fully saturated rings. The van der Waals surface area contributed by atoms with Crippen LogP contribution in [0.15, 0.2) is 29.3 Å². The summed E-state index contributed by atoms with van der Waals surface area (Å²) in [5, 5.41) is 3.02. The molecule has 0 saturated heterocycles. The number of ether oxygens (including phenoxy) is 1. The van der Waals surface area contributed by atoms with Gasteiger partial charge >= 0.3 is 6.09 Å². The molecule has 0 aliphatic rings. The number of rotatable bonds is 1. The molecule has 1 amide bonds. The molecule has 1 aromatic heterocycles. The smallest absolute Gasteiger partial charge is 0.408 e. The number of benzene rings is 1. The highest BCUT2D eigenvalue weighted by molar-refractivity contribution is 5.78. The van der Waals surface area contributed by atoms with Gasteiger partial charge in [0.1, 0.15) is 5.60 Å². The Balaban J connectivity index is 2.02. The fourth-order valence-electron chi connectivity index (χ4n) is 1.72. The average Bonchev–Trinajstić information content (AvgIpc) is 2.42. The lowest BCUT2D eigenvalue weighted by Crippen LogP contribution is -2.32. The van der Waals surface area contributed by atoms with E-state index >= 15 is 0 Å². The highest BCUT2D eigenvalue weighted by atomic mass is 16.6. The summed E-state index contributed by atoms with van der Waals surface area (Å²) in [5.74, 6) is 5.69. The average molecular weight is 299 g/mol. The van der Waals surface area contributed by atoms with Crippen LogP contribution >= 0.6 is 0 Å². The van der Waals surface area contributed by atoms with Gasteiger partial charge in [0.15, 0.2) is 0 Å². The van der Waals surface area contributed by atoms with Crippen LogP contribution in [0.2, 0.25) is 0 Å². The Hall–Kier alpha value is -2.81. The summed E-state index contributed by atoms with van der Waals surface area (Å²) < 4.78 is 5.09. The Morgan fingerprint density at radius 3 is 2.91 bits per heavy atom. The molecule has 2 N–H and O–H groups in total. The van der Waals surface area contributed by atoms with Gasteiger partial charge in [0.2, 0.25) is 0 Å². The Bertz CT molecular complexity index is 807. The molecule has 1 aromatic carbocycles. The Labute approximate surface area is 127 Å². The van der Waals surface area contributed by atoms with E-state index in [1.807, 2.05) is 0 Å². The third kappa shape index (κ3) is 4.35. The second-order valence-corrected chi connectivity index (χ2v) is 5.62. The first kappa shape index (κ1) is 15.6. The molecular weight excluding hydrogens is 282 g/mol. The SMILES string of the molecule is CC(C)(C)OC(=O)NCC#Cc1ccc2nc[nH]c(=O)c2c1. The number of amides is 1. The third-order valence-corrected chi connectivity index (χ3v) is 2.59. The number of H-pyrrole nitrogens is 1. The number of hydrogen-bond donors (Lipinski definition) is 2. The van der Waals surface area contributed by atoms with Gasteiger partial charge in [0.05, 0.1) is 23.8 Å². The van der Waals surface area contributed by atoms with Gasteiger partial charge in [-0.15, -0.1) is 0 Å². The van der Waals surface area contributed by atoms with Crippen LogP contribution in [0.25, 0.3) is 10.9 Å². The van der Waals surface area contributed by atoms with E-state index < -0.39 is 11.7 Å².